The van der Waals surface area contributed by atoms with Crippen LogP contribution < -0.4 is 0 Å². The van der Waals surface area contributed by atoms with Crippen LogP contribution >= 0.6 is 0 Å². The molecule has 5 rings (SSSR count). The number of hydrogen-bond acceptors (Lipinski definition) is 3. The van der Waals surface area contributed by atoms with Gasteiger partial charge in [0.1, 0.15) is 6.10 Å². The molecule has 0 spiro atoms. The minimum atomic E-state index is -0.306. The Bertz CT molecular complexity index is 1200. The van der Waals surface area contributed by atoms with Crippen LogP contribution in [0, 0.1) is 0 Å². The van der Waals surface area contributed by atoms with Gasteiger partial charge in [-0.25, -0.2) is 0 Å². The van der Waals surface area contributed by atoms with E-state index in [0.29, 0.717) is 0 Å². The highest BCUT2D eigenvalue weighted by Crippen LogP contribution is 2.40. The molecule has 1 fully saturated rings. The first kappa shape index (κ1) is 22.1. The maximum atomic E-state index is 12.1. The first-order valence-electron chi connectivity index (χ1n) is 10.8. The van der Waals surface area contributed by atoms with Crippen LogP contribution in [0.5, 0.6) is 0 Å². The van der Waals surface area contributed by atoms with Gasteiger partial charge in [-0.05, 0) is 17.2 Å². The molecule has 0 aromatic heterocycles. The van der Waals surface area contributed by atoms with Crippen molar-refractivity contribution in [2.45, 2.75) is 12.2 Å². The SMILES string of the molecule is O=C(/C=C/c1ccccc1)c1ccccc1.O=C(c1ccccc1)C1OC1c1ccccc1. The van der Waals surface area contributed by atoms with E-state index >= 15 is 0 Å². The minimum absolute atomic E-state index is 0.0319. The smallest absolute Gasteiger partial charge is 0.194 e. The molecular formula is C30H24O3. The number of ether oxygens (including phenoxy) is 1. The number of carbonyl (C=O) groups is 2. The zero-order valence-corrected chi connectivity index (χ0v) is 18.1. The molecule has 162 valence electrons. The van der Waals surface area contributed by atoms with E-state index in [0.717, 1.165) is 22.3 Å². The van der Waals surface area contributed by atoms with Gasteiger partial charge in [0, 0.05) is 11.1 Å². The van der Waals surface area contributed by atoms with E-state index in [9.17, 15) is 9.59 Å². The number of carbonyl (C=O) groups excluding carboxylic acids is 2. The predicted molar refractivity (Wildman–Crippen MR) is 131 cm³/mol. The Hall–Kier alpha value is -4.08. The van der Waals surface area contributed by atoms with Crippen LogP contribution in [-0.2, 0) is 4.74 Å². The van der Waals surface area contributed by atoms with Crippen molar-refractivity contribution in [3.05, 3.63) is 150 Å². The fourth-order valence-electron chi connectivity index (χ4n) is 3.41. The first-order valence-corrected chi connectivity index (χ1v) is 10.8. The molecule has 2 unspecified atom stereocenters. The molecule has 4 aromatic rings. The summed E-state index contributed by atoms with van der Waals surface area (Å²) in [7, 11) is 0. The lowest BCUT2D eigenvalue weighted by atomic mass is 10.0. The largest absolute Gasteiger partial charge is 0.356 e. The summed E-state index contributed by atoms with van der Waals surface area (Å²) in [6, 6.07) is 38.2. The summed E-state index contributed by atoms with van der Waals surface area (Å²) in [5, 5.41) is 0. The van der Waals surface area contributed by atoms with Crippen molar-refractivity contribution < 1.29 is 14.3 Å². The van der Waals surface area contributed by atoms with Gasteiger partial charge < -0.3 is 4.74 Å². The molecule has 2 atom stereocenters. The average Bonchev–Trinajstić information content (AvgIpc) is 3.70. The Labute approximate surface area is 194 Å². The number of allylic oxidation sites excluding steroid dienone is 1. The molecule has 0 amide bonds. The van der Waals surface area contributed by atoms with Crippen LogP contribution in [0.3, 0.4) is 0 Å². The molecule has 0 radical (unpaired) electrons. The minimum Gasteiger partial charge on any atom is -0.356 e. The van der Waals surface area contributed by atoms with Crippen molar-refractivity contribution in [1.82, 2.24) is 0 Å². The Morgan fingerprint density at radius 1 is 0.606 bits per heavy atom. The lowest BCUT2D eigenvalue weighted by molar-refractivity contribution is 0.0953. The second-order valence-corrected chi connectivity index (χ2v) is 7.59. The second kappa shape index (κ2) is 11.0. The second-order valence-electron chi connectivity index (χ2n) is 7.59. The fourth-order valence-corrected chi connectivity index (χ4v) is 3.41. The van der Waals surface area contributed by atoms with Gasteiger partial charge in [0.05, 0.1) is 0 Å². The molecule has 0 N–H and O–H groups in total. The Morgan fingerprint density at radius 3 is 1.67 bits per heavy atom. The van der Waals surface area contributed by atoms with Crippen molar-refractivity contribution >= 4 is 17.6 Å². The quantitative estimate of drug-likeness (QED) is 0.196. The lowest BCUT2D eigenvalue weighted by Gasteiger charge is -1.96. The number of Topliss-reactive ketones (excluding diaryl/α,β-unsaturated/α-hetero) is 1. The molecule has 0 bridgehead atoms. The molecule has 1 heterocycles. The molecule has 3 heteroatoms. The van der Waals surface area contributed by atoms with E-state index in [1.54, 1.807) is 6.08 Å². The molecule has 4 aromatic carbocycles. The molecule has 3 nitrogen and oxygen atoms in total. The predicted octanol–water partition coefficient (Wildman–Crippen LogP) is 6.59. The fraction of sp³-hybridized carbons (Fsp3) is 0.0667. The van der Waals surface area contributed by atoms with Crippen molar-refractivity contribution in [1.29, 1.82) is 0 Å². The number of ketones is 2. The van der Waals surface area contributed by atoms with Crippen molar-refractivity contribution in [3.63, 3.8) is 0 Å². The van der Waals surface area contributed by atoms with Crippen molar-refractivity contribution in [2.24, 2.45) is 0 Å². The van der Waals surface area contributed by atoms with Gasteiger partial charge in [0.2, 0.25) is 0 Å². The highest BCUT2D eigenvalue weighted by Gasteiger charge is 2.45. The van der Waals surface area contributed by atoms with Gasteiger partial charge in [-0.2, -0.15) is 0 Å². The highest BCUT2D eigenvalue weighted by molar-refractivity contribution is 6.06. The summed E-state index contributed by atoms with van der Waals surface area (Å²) in [5.74, 6) is 0.101. The third-order valence-electron chi connectivity index (χ3n) is 5.22. The summed E-state index contributed by atoms with van der Waals surface area (Å²) >= 11 is 0. The van der Waals surface area contributed by atoms with Crippen LogP contribution in [0.2, 0.25) is 0 Å². The van der Waals surface area contributed by atoms with E-state index in [2.05, 4.69) is 0 Å². The molecule has 1 saturated heterocycles. The Morgan fingerprint density at radius 2 is 1.09 bits per heavy atom. The standard InChI is InChI=1S/C15H12O2.C15H12O/c16-13(11-7-3-1-4-8-11)15-14(17-15)12-9-5-2-6-10-12;16-15(14-9-5-2-6-10-14)12-11-13-7-3-1-4-8-13/h1-10,14-15H;1-12H/b;12-11+. The zero-order valence-electron chi connectivity index (χ0n) is 18.1. The number of rotatable bonds is 6. The van der Waals surface area contributed by atoms with E-state index in [1.807, 2.05) is 127 Å². The first-order chi connectivity index (χ1) is 16.2. The van der Waals surface area contributed by atoms with Crippen LogP contribution in [0.25, 0.3) is 6.08 Å². The Kier molecular flexibility index (Phi) is 7.36. The normalized spacial score (nSPS) is 16.5. The number of benzene rings is 4. The zero-order chi connectivity index (χ0) is 22.9. The van der Waals surface area contributed by atoms with Crippen molar-refractivity contribution in [3.8, 4) is 0 Å². The van der Waals surface area contributed by atoms with Gasteiger partial charge in [-0.1, -0.05) is 127 Å². The van der Waals surface area contributed by atoms with Crippen LogP contribution in [-0.4, -0.2) is 17.7 Å². The van der Waals surface area contributed by atoms with Gasteiger partial charge in [-0.15, -0.1) is 0 Å². The summed E-state index contributed by atoms with van der Waals surface area (Å²) < 4.78 is 5.47. The Balaban J connectivity index is 0.000000157. The van der Waals surface area contributed by atoms with Crippen molar-refractivity contribution in [2.75, 3.05) is 0 Å². The monoisotopic (exact) mass is 432 g/mol. The number of epoxide rings is 1. The third-order valence-corrected chi connectivity index (χ3v) is 5.22. The molecule has 1 aliphatic rings. The topological polar surface area (TPSA) is 46.7 Å². The summed E-state index contributed by atoms with van der Waals surface area (Å²) in [6.07, 6.45) is 3.06. The van der Waals surface area contributed by atoms with E-state index < -0.39 is 0 Å². The molecule has 0 aliphatic carbocycles. The maximum absolute atomic E-state index is 12.1. The van der Waals surface area contributed by atoms with Gasteiger partial charge in [-0.3, -0.25) is 9.59 Å². The lowest BCUT2D eigenvalue weighted by Crippen LogP contribution is -2.07. The van der Waals surface area contributed by atoms with Gasteiger partial charge in [0.25, 0.3) is 0 Å². The van der Waals surface area contributed by atoms with Gasteiger partial charge in [0.15, 0.2) is 17.7 Å². The average molecular weight is 433 g/mol. The molecule has 1 aliphatic heterocycles. The van der Waals surface area contributed by atoms with E-state index in [-0.39, 0.29) is 23.8 Å². The summed E-state index contributed by atoms with van der Waals surface area (Å²) in [6.45, 7) is 0. The summed E-state index contributed by atoms with van der Waals surface area (Å²) in [4.78, 5) is 23.8. The van der Waals surface area contributed by atoms with E-state index in [4.69, 9.17) is 4.74 Å². The van der Waals surface area contributed by atoms with Crippen LogP contribution in [0.15, 0.2) is 127 Å². The maximum Gasteiger partial charge on any atom is 0.194 e. The molecular weight excluding hydrogens is 408 g/mol. The third kappa shape index (κ3) is 6.22. The highest BCUT2D eigenvalue weighted by atomic mass is 16.6. The van der Waals surface area contributed by atoms with E-state index in [1.165, 1.54) is 0 Å². The molecule has 0 saturated carbocycles. The summed E-state index contributed by atoms with van der Waals surface area (Å²) in [5.41, 5.74) is 3.54. The van der Waals surface area contributed by atoms with Gasteiger partial charge >= 0.3 is 0 Å². The van der Waals surface area contributed by atoms with Crippen LogP contribution in [0.1, 0.15) is 37.9 Å². The van der Waals surface area contributed by atoms with Crippen LogP contribution in [0.4, 0.5) is 0 Å². The molecule has 33 heavy (non-hydrogen) atoms. The number of hydrogen-bond donors (Lipinski definition) is 0.